The van der Waals surface area contributed by atoms with E-state index in [1.54, 1.807) is 13.3 Å². The molecule has 1 aromatic carbocycles. The molecule has 0 spiro atoms. The molecule has 0 saturated carbocycles. The Bertz CT molecular complexity index is 563. The van der Waals surface area contributed by atoms with Crippen molar-refractivity contribution in [3.05, 3.63) is 41.7 Å². The molecule has 1 heterocycles. The fraction of sp³-hybridized carbons (Fsp3) is 0.438. The molecule has 1 aromatic heterocycles. The Labute approximate surface area is 125 Å². The largest absolute Gasteiger partial charge is 0.494 e. The Balaban J connectivity index is 2.29. The highest BCUT2D eigenvalue weighted by Gasteiger charge is 2.20. The molecule has 5 heteroatoms. The van der Waals surface area contributed by atoms with Crippen molar-refractivity contribution < 1.29 is 9.47 Å². The second-order valence-corrected chi connectivity index (χ2v) is 4.80. The number of ether oxygens (including phenoxy) is 2. The van der Waals surface area contributed by atoms with E-state index in [2.05, 4.69) is 12.0 Å². The van der Waals surface area contributed by atoms with E-state index >= 15 is 0 Å². The predicted molar refractivity (Wildman–Crippen MR) is 82.7 cm³/mol. The van der Waals surface area contributed by atoms with Gasteiger partial charge in [-0.05, 0) is 31.0 Å². The van der Waals surface area contributed by atoms with Gasteiger partial charge in [-0.3, -0.25) is 4.68 Å². The highest BCUT2D eigenvalue weighted by molar-refractivity contribution is 5.38. The number of nitrogens with two attached hydrogens (primary N) is 1. The van der Waals surface area contributed by atoms with Crippen LogP contribution >= 0.6 is 0 Å². The molecule has 2 N–H and O–H groups in total. The number of benzene rings is 1. The Morgan fingerprint density at radius 1 is 1.24 bits per heavy atom. The molecule has 0 saturated heterocycles. The zero-order chi connectivity index (χ0) is 15.2. The molecule has 21 heavy (non-hydrogen) atoms. The van der Waals surface area contributed by atoms with Crippen molar-refractivity contribution >= 4 is 0 Å². The first-order chi connectivity index (χ1) is 10.2. The first kappa shape index (κ1) is 15.4. The molecule has 114 valence electrons. The average molecular weight is 289 g/mol. The molecule has 1 unspecified atom stereocenters. The highest BCUT2D eigenvalue weighted by Crippen LogP contribution is 2.29. The summed E-state index contributed by atoms with van der Waals surface area (Å²) in [5.74, 6) is 1.58. The quantitative estimate of drug-likeness (QED) is 0.851. The summed E-state index contributed by atoms with van der Waals surface area (Å²) in [7, 11) is 1.64. The van der Waals surface area contributed by atoms with Crippen molar-refractivity contribution in [2.45, 2.75) is 32.9 Å². The van der Waals surface area contributed by atoms with Crippen molar-refractivity contribution in [3.63, 3.8) is 0 Å². The average Bonchev–Trinajstić information content (AvgIpc) is 2.91. The Hall–Kier alpha value is -2.01. The maximum absolute atomic E-state index is 6.41. The van der Waals surface area contributed by atoms with Gasteiger partial charge in [0.15, 0.2) is 5.75 Å². The minimum atomic E-state index is -0.273. The van der Waals surface area contributed by atoms with Crippen LogP contribution in [0.15, 0.2) is 30.5 Å². The number of rotatable bonds is 7. The van der Waals surface area contributed by atoms with Crippen LogP contribution in [-0.4, -0.2) is 23.5 Å². The van der Waals surface area contributed by atoms with Gasteiger partial charge in [-0.15, -0.1) is 0 Å². The minimum absolute atomic E-state index is 0.273. The predicted octanol–water partition coefficient (Wildman–Crippen LogP) is 2.75. The van der Waals surface area contributed by atoms with Crippen LogP contribution < -0.4 is 15.2 Å². The van der Waals surface area contributed by atoms with Crippen LogP contribution in [0.25, 0.3) is 0 Å². The van der Waals surface area contributed by atoms with Gasteiger partial charge in [0.05, 0.1) is 26.0 Å². The van der Waals surface area contributed by atoms with E-state index < -0.39 is 0 Å². The number of nitrogens with zero attached hydrogens (tertiary/aromatic N) is 2. The zero-order valence-corrected chi connectivity index (χ0v) is 12.9. The lowest BCUT2D eigenvalue weighted by molar-refractivity contribution is 0.340. The maximum Gasteiger partial charge on any atom is 0.161 e. The summed E-state index contributed by atoms with van der Waals surface area (Å²) in [6.07, 6.45) is 2.72. The van der Waals surface area contributed by atoms with Gasteiger partial charge in [0.2, 0.25) is 0 Å². The summed E-state index contributed by atoms with van der Waals surface area (Å²) in [5, 5.41) is 4.36. The molecule has 2 aromatic rings. The van der Waals surface area contributed by atoms with Gasteiger partial charge in [-0.1, -0.05) is 19.1 Å². The van der Waals surface area contributed by atoms with E-state index in [9.17, 15) is 0 Å². The molecular weight excluding hydrogens is 266 g/mol. The summed E-state index contributed by atoms with van der Waals surface area (Å²) in [4.78, 5) is 0. The van der Waals surface area contributed by atoms with Crippen LogP contribution in [0.2, 0.25) is 0 Å². The third-order valence-corrected chi connectivity index (χ3v) is 3.35. The van der Waals surface area contributed by atoms with E-state index in [4.69, 9.17) is 15.2 Å². The topological polar surface area (TPSA) is 62.3 Å². The summed E-state index contributed by atoms with van der Waals surface area (Å²) in [5.41, 5.74) is 8.33. The third kappa shape index (κ3) is 3.36. The lowest BCUT2D eigenvalue weighted by atomic mass is 10.0. The van der Waals surface area contributed by atoms with E-state index in [0.717, 1.165) is 35.7 Å². The smallest absolute Gasteiger partial charge is 0.161 e. The van der Waals surface area contributed by atoms with Crippen molar-refractivity contribution in [2.75, 3.05) is 13.7 Å². The fourth-order valence-electron chi connectivity index (χ4n) is 2.33. The first-order valence-corrected chi connectivity index (χ1v) is 7.29. The lowest BCUT2D eigenvalue weighted by Gasteiger charge is -2.16. The van der Waals surface area contributed by atoms with E-state index in [1.807, 2.05) is 35.9 Å². The number of hydrogen-bond acceptors (Lipinski definition) is 4. The van der Waals surface area contributed by atoms with Crippen molar-refractivity contribution in [3.8, 4) is 11.5 Å². The van der Waals surface area contributed by atoms with Crippen LogP contribution in [0.3, 0.4) is 0 Å². The first-order valence-electron chi connectivity index (χ1n) is 7.29. The molecule has 1 atom stereocenters. The third-order valence-electron chi connectivity index (χ3n) is 3.35. The van der Waals surface area contributed by atoms with Crippen LogP contribution in [0.5, 0.6) is 11.5 Å². The van der Waals surface area contributed by atoms with E-state index in [0.29, 0.717) is 6.61 Å². The molecule has 0 fully saturated rings. The SMILES string of the molecule is CCCn1ncc(OC)c1C(N)c1ccc(OCC)cc1. The Morgan fingerprint density at radius 3 is 2.52 bits per heavy atom. The molecular formula is C16H23N3O2. The normalized spacial score (nSPS) is 12.2. The van der Waals surface area contributed by atoms with Crippen LogP contribution in [-0.2, 0) is 6.54 Å². The summed E-state index contributed by atoms with van der Waals surface area (Å²) in [6.45, 7) is 5.56. The summed E-state index contributed by atoms with van der Waals surface area (Å²) >= 11 is 0. The van der Waals surface area contributed by atoms with Crippen LogP contribution in [0, 0.1) is 0 Å². The second kappa shape index (κ2) is 7.13. The van der Waals surface area contributed by atoms with Gasteiger partial charge >= 0.3 is 0 Å². The fourth-order valence-corrected chi connectivity index (χ4v) is 2.33. The lowest BCUT2D eigenvalue weighted by Crippen LogP contribution is -2.18. The van der Waals surface area contributed by atoms with Gasteiger partial charge in [0.25, 0.3) is 0 Å². The zero-order valence-electron chi connectivity index (χ0n) is 12.9. The van der Waals surface area contributed by atoms with Crippen LogP contribution in [0.4, 0.5) is 0 Å². The molecule has 2 rings (SSSR count). The van der Waals surface area contributed by atoms with Crippen molar-refractivity contribution in [1.29, 1.82) is 0 Å². The molecule has 0 aliphatic carbocycles. The molecule has 0 radical (unpaired) electrons. The Morgan fingerprint density at radius 2 is 1.95 bits per heavy atom. The monoisotopic (exact) mass is 289 g/mol. The van der Waals surface area contributed by atoms with Gasteiger partial charge < -0.3 is 15.2 Å². The van der Waals surface area contributed by atoms with Gasteiger partial charge in [0, 0.05) is 6.54 Å². The van der Waals surface area contributed by atoms with Gasteiger partial charge in [0.1, 0.15) is 11.4 Å². The molecule has 0 aliphatic heterocycles. The number of aromatic nitrogens is 2. The van der Waals surface area contributed by atoms with Crippen molar-refractivity contribution in [2.24, 2.45) is 5.73 Å². The van der Waals surface area contributed by atoms with E-state index in [-0.39, 0.29) is 6.04 Å². The number of aryl methyl sites for hydroxylation is 1. The maximum atomic E-state index is 6.41. The van der Waals surface area contributed by atoms with Gasteiger partial charge in [-0.25, -0.2) is 0 Å². The molecule has 0 aliphatic rings. The standard InChI is InChI=1S/C16H23N3O2/c1-4-10-19-16(14(20-3)11-18-19)15(17)12-6-8-13(9-7-12)21-5-2/h6-9,11,15H,4-5,10,17H2,1-3H3. The summed E-state index contributed by atoms with van der Waals surface area (Å²) < 4.78 is 12.8. The van der Waals surface area contributed by atoms with Gasteiger partial charge in [-0.2, -0.15) is 5.10 Å². The Kier molecular flexibility index (Phi) is 5.22. The van der Waals surface area contributed by atoms with E-state index in [1.165, 1.54) is 0 Å². The van der Waals surface area contributed by atoms with Crippen molar-refractivity contribution in [1.82, 2.24) is 9.78 Å². The molecule has 0 bridgehead atoms. The molecule has 0 amide bonds. The number of methoxy groups -OCH3 is 1. The highest BCUT2D eigenvalue weighted by atomic mass is 16.5. The molecule has 5 nitrogen and oxygen atoms in total. The minimum Gasteiger partial charge on any atom is -0.494 e. The number of hydrogen-bond donors (Lipinski definition) is 1. The summed E-state index contributed by atoms with van der Waals surface area (Å²) in [6, 6.07) is 7.57. The second-order valence-electron chi connectivity index (χ2n) is 4.80. The van der Waals surface area contributed by atoms with Crippen LogP contribution in [0.1, 0.15) is 37.6 Å².